The number of benzene rings is 1. The van der Waals surface area contributed by atoms with Crippen LogP contribution in [0.15, 0.2) is 36.5 Å². The number of amides is 1. The van der Waals surface area contributed by atoms with E-state index in [-0.39, 0.29) is 17.0 Å². The van der Waals surface area contributed by atoms with Gasteiger partial charge < -0.3 is 10.4 Å². The molecule has 0 radical (unpaired) electrons. The summed E-state index contributed by atoms with van der Waals surface area (Å²) in [7, 11) is 0. The Kier molecular flexibility index (Phi) is 3.84. The van der Waals surface area contributed by atoms with Gasteiger partial charge in [-0.15, -0.1) is 0 Å². The van der Waals surface area contributed by atoms with Gasteiger partial charge in [-0.1, -0.05) is 0 Å². The van der Waals surface area contributed by atoms with Crippen LogP contribution in [0.2, 0.25) is 0 Å². The Morgan fingerprint density at radius 3 is 2.48 bits per heavy atom. The Labute approximate surface area is 118 Å². The number of hydrogen-bond donors (Lipinski definition) is 2. The van der Waals surface area contributed by atoms with Crippen LogP contribution in [-0.4, -0.2) is 16.0 Å². The van der Waals surface area contributed by atoms with Gasteiger partial charge in [0.25, 0.3) is 5.91 Å². The van der Waals surface area contributed by atoms with E-state index in [1.807, 2.05) is 0 Å². The number of nitrogens with one attached hydrogen (secondary N) is 1. The third-order valence-electron chi connectivity index (χ3n) is 2.77. The molecular weight excluding hydrogens is 285 g/mol. The molecule has 0 saturated heterocycles. The summed E-state index contributed by atoms with van der Waals surface area (Å²) in [4.78, 5) is 15.2. The molecule has 2 rings (SSSR count). The quantitative estimate of drug-likeness (QED) is 0.893. The lowest BCUT2D eigenvalue weighted by molar-refractivity contribution is -0.141. The highest BCUT2D eigenvalue weighted by molar-refractivity contribution is 6.04. The van der Waals surface area contributed by atoms with Crippen molar-refractivity contribution in [3.8, 4) is 5.75 Å². The molecule has 21 heavy (non-hydrogen) atoms. The summed E-state index contributed by atoms with van der Waals surface area (Å²) in [6.45, 7) is 1.63. The molecular formula is C14H11F3N2O2. The number of aromatic hydroxyl groups is 1. The number of nitrogens with zero attached hydrogens (tertiary/aromatic N) is 1. The largest absolute Gasteiger partial charge is 0.508 e. The summed E-state index contributed by atoms with van der Waals surface area (Å²) in [6, 6.07) is 6.17. The number of phenols is 1. The molecule has 7 heteroatoms. The van der Waals surface area contributed by atoms with E-state index in [0.717, 1.165) is 18.3 Å². The molecule has 1 aromatic heterocycles. The first-order valence-electron chi connectivity index (χ1n) is 5.91. The SMILES string of the molecule is Cc1cc(C(=O)Nc2ccc(C(F)(F)F)nc2)ccc1O. The first kappa shape index (κ1) is 14.8. The molecule has 0 fully saturated rings. The van der Waals surface area contributed by atoms with Crippen LogP contribution >= 0.6 is 0 Å². The van der Waals surface area contributed by atoms with E-state index in [9.17, 15) is 23.1 Å². The molecule has 1 amide bonds. The number of carbonyl (C=O) groups excluding carboxylic acids is 1. The molecule has 0 saturated carbocycles. The summed E-state index contributed by atoms with van der Waals surface area (Å²) in [6.07, 6.45) is -3.58. The number of carbonyl (C=O) groups is 1. The van der Waals surface area contributed by atoms with Crippen LogP contribution < -0.4 is 5.32 Å². The van der Waals surface area contributed by atoms with Crippen LogP contribution in [0, 0.1) is 6.92 Å². The summed E-state index contributed by atoms with van der Waals surface area (Å²) >= 11 is 0. The molecule has 1 aromatic carbocycles. The smallest absolute Gasteiger partial charge is 0.433 e. The molecule has 2 aromatic rings. The highest BCUT2D eigenvalue weighted by Crippen LogP contribution is 2.27. The Balaban J connectivity index is 2.14. The van der Waals surface area contributed by atoms with E-state index in [2.05, 4.69) is 10.3 Å². The van der Waals surface area contributed by atoms with Gasteiger partial charge in [0.05, 0.1) is 11.9 Å². The maximum Gasteiger partial charge on any atom is 0.433 e. The predicted octanol–water partition coefficient (Wildman–Crippen LogP) is 3.37. The van der Waals surface area contributed by atoms with Crippen LogP contribution in [-0.2, 0) is 6.18 Å². The van der Waals surface area contributed by atoms with Crippen LogP contribution in [0.1, 0.15) is 21.6 Å². The zero-order chi connectivity index (χ0) is 15.6. The summed E-state index contributed by atoms with van der Waals surface area (Å²) < 4.78 is 37.1. The highest BCUT2D eigenvalue weighted by Gasteiger charge is 2.32. The van der Waals surface area contributed by atoms with Gasteiger partial charge >= 0.3 is 6.18 Å². The van der Waals surface area contributed by atoms with E-state index < -0.39 is 17.8 Å². The molecule has 110 valence electrons. The van der Waals surface area contributed by atoms with E-state index in [0.29, 0.717) is 5.56 Å². The van der Waals surface area contributed by atoms with Gasteiger partial charge in [-0.3, -0.25) is 4.79 Å². The second kappa shape index (κ2) is 5.43. The maximum atomic E-state index is 12.4. The zero-order valence-electron chi connectivity index (χ0n) is 10.9. The minimum atomic E-state index is -4.52. The Bertz CT molecular complexity index is 667. The first-order valence-corrected chi connectivity index (χ1v) is 5.91. The molecule has 0 aliphatic carbocycles. The number of hydrogen-bond acceptors (Lipinski definition) is 3. The fourth-order valence-electron chi connectivity index (χ4n) is 1.64. The highest BCUT2D eigenvalue weighted by atomic mass is 19.4. The third-order valence-corrected chi connectivity index (χ3v) is 2.77. The Morgan fingerprint density at radius 2 is 1.95 bits per heavy atom. The molecule has 2 N–H and O–H groups in total. The molecule has 1 heterocycles. The van der Waals surface area contributed by atoms with Crippen molar-refractivity contribution in [3.63, 3.8) is 0 Å². The predicted molar refractivity (Wildman–Crippen MR) is 70.0 cm³/mol. The summed E-state index contributed by atoms with van der Waals surface area (Å²) in [5.74, 6) is -0.442. The van der Waals surface area contributed by atoms with Crippen LogP contribution in [0.3, 0.4) is 0 Å². The zero-order valence-corrected chi connectivity index (χ0v) is 10.9. The van der Waals surface area contributed by atoms with Crippen molar-refractivity contribution in [2.75, 3.05) is 5.32 Å². The van der Waals surface area contributed by atoms with E-state index in [4.69, 9.17) is 0 Å². The molecule has 0 aliphatic heterocycles. The van der Waals surface area contributed by atoms with Crippen molar-refractivity contribution < 1.29 is 23.1 Å². The Hall–Kier alpha value is -2.57. The number of phenolic OH excluding ortho intramolecular Hbond substituents is 1. The average Bonchev–Trinajstić information content (AvgIpc) is 2.41. The van der Waals surface area contributed by atoms with E-state index in [1.54, 1.807) is 6.92 Å². The van der Waals surface area contributed by atoms with E-state index in [1.165, 1.54) is 18.2 Å². The molecule has 0 spiro atoms. The summed E-state index contributed by atoms with van der Waals surface area (Å²) in [5, 5.41) is 11.8. The van der Waals surface area contributed by atoms with Crippen molar-refractivity contribution in [1.82, 2.24) is 4.98 Å². The minimum absolute atomic E-state index is 0.0581. The van der Waals surface area contributed by atoms with E-state index >= 15 is 0 Å². The first-order chi connectivity index (χ1) is 9.77. The van der Waals surface area contributed by atoms with Gasteiger partial charge in [-0.05, 0) is 42.8 Å². The van der Waals surface area contributed by atoms with Gasteiger partial charge in [0.1, 0.15) is 11.4 Å². The van der Waals surface area contributed by atoms with Crippen molar-refractivity contribution in [2.45, 2.75) is 13.1 Å². The lowest BCUT2D eigenvalue weighted by atomic mass is 10.1. The number of aromatic nitrogens is 1. The third kappa shape index (κ3) is 3.50. The summed E-state index contributed by atoms with van der Waals surface area (Å²) in [5.41, 5.74) is -0.0712. The van der Waals surface area contributed by atoms with Crippen molar-refractivity contribution in [3.05, 3.63) is 53.3 Å². The maximum absolute atomic E-state index is 12.4. The standard InChI is InChI=1S/C14H11F3N2O2/c1-8-6-9(2-4-11(8)20)13(21)19-10-3-5-12(18-7-10)14(15,16)17/h2-7,20H,1H3,(H,19,21). The van der Waals surface area contributed by atoms with Crippen molar-refractivity contribution in [2.24, 2.45) is 0 Å². The topological polar surface area (TPSA) is 62.2 Å². The van der Waals surface area contributed by atoms with Gasteiger partial charge in [0, 0.05) is 5.56 Å². The normalized spacial score (nSPS) is 11.2. The van der Waals surface area contributed by atoms with Gasteiger partial charge in [-0.25, -0.2) is 4.98 Å². The number of pyridine rings is 1. The molecule has 0 unspecified atom stereocenters. The second-order valence-electron chi connectivity index (χ2n) is 4.39. The van der Waals surface area contributed by atoms with Crippen molar-refractivity contribution in [1.29, 1.82) is 0 Å². The Morgan fingerprint density at radius 1 is 1.24 bits per heavy atom. The minimum Gasteiger partial charge on any atom is -0.508 e. The van der Waals surface area contributed by atoms with Crippen LogP contribution in [0.25, 0.3) is 0 Å². The van der Waals surface area contributed by atoms with Gasteiger partial charge in [0.2, 0.25) is 0 Å². The fourth-order valence-corrected chi connectivity index (χ4v) is 1.64. The number of halogens is 3. The number of alkyl halides is 3. The van der Waals surface area contributed by atoms with Gasteiger partial charge in [-0.2, -0.15) is 13.2 Å². The molecule has 0 aliphatic rings. The lowest BCUT2D eigenvalue weighted by Gasteiger charge is -2.08. The molecule has 4 nitrogen and oxygen atoms in total. The average molecular weight is 296 g/mol. The van der Waals surface area contributed by atoms with Crippen LogP contribution in [0.5, 0.6) is 5.75 Å². The lowest BCUT2D eigenvalue weighted by Crippen LogP contribution is -2.13. The fraction of sp³-hybridized carbons (Fsp3) is 0.143. The molecule has 0 bridgehead atoms. The van der Waals surface area contributed by atoms with Gasteiger partial charge in [0.15, 0.2) is 0 Å². The molecule has 0 atom stereocenters. The second-order valence-corrected chi connectivity index (χ2v) is 4.39. The number of anilines is 1. The van der Waals surface area contributed by atoms with Crippen molar-refractivity contribution >= 4 is 11.6 Å². The van der Waals surface area contributed by atoms with Crippen LogP contribution in [0.4, 0.5) is 18.9 Å². The monoisotopic (exact) mass is 296 g/mol. The number of aryl methyl sites for hydroxylation is 1. The number of rotatable bonds is 2.